The molecule has 2 rings (SSSR count). The summed E-state index contributed by atoms with van der Waals surface area (Å²) in [5.41, 5.74) is 1.89. The third kappa shape index (κ3) is 4.43. The van der Waals surface area contributed by atoms with Crippen molar-refractivity contribution in [1.82, 2.24) is 14.7 Å². The van der Waals surface area contributed by atoms with Gasteiger partial charge in [-0.05, 0) is 39.5 Å². The predicted octanol–water partition coefficient (Wildman–Crippen LogP) is 0.986. The van der Waals surface area contributed by atoms with Crippen LogP contribution >= 0.6 is 0 Å². The first kappa shape index (κ1) is 18.6. The van der Waals surface area contributed by atoms with E-state index in [1.54, 1.807) is 23.4 Å². The first-order valence-electron chi connectivity index (χ1n) is 8.09. The smallest absolute Gasteiger partial charge is 0.244 e. The number of hydrogen-bond donors (Lipinski definition) is 0. The molecule has 0 spiro atoms. The molecule has 1 amide bonds. The van der Waals surface area contributed by atoms with Crippen molar-refractivity contribution in [3.63, 3.8) is 0 Å². The van der Waals surface area contributed by atoms with Crippen LogP contribution in [0, 0.1) is 19.8 Å². The van der Waals surface area contributed by atoms with E-state index < -0.39 is 9.84 Å². The highest BCUT2D eigenvalue weighted by atomic mass is 32.2. The number of nitrogens with zero attached hydrogens (tertiary/aromatic N) is 3. The van der Waals surface area contributed by atoms with Crippen LogP contribution in [0.2, 0.25) is 0 Å². The Morgan fingerprint density at radius 3 is 2.50 bits per heavy atom. The minimum Gasteiger partial charge on any atom is -0.341 e. The van der Waals surface area contributed by atoms with Gasteiger partial charge in [0.25, 0.3) is 0 Å². The molecule has 1 unspecified atom stereocenters. The zero-order chi connectivity index (χ0) is 18.1. The summed E-state index contributed by atoms with van der Waals surface area (Å²) in [5, 5.41) is 4.30. The number of sulfone groups is 1. The van der Waals surface area contributed by atoms with E-state index in [4.69, 9.17) is 0 Å². The average Bonchev–Trinajstić information content (AvgIpc) is 2.71. The Bertz CT molecular complexity index is 752. The maximum Gasteiger partial charge on any atom is 0.244 e. The van der Waals surface area contributed by atoms with Crippen molar-refractivity contribution in [1.29, 1.82) is 0 Å². The number of hydrogen-bond acceptors (Lipinski definition) is 5. The molecule has 0 aliphatic carbocycles. The fourth-order valence-corrected chi connectivity index (χ4v) is 4.57. The summed E-state index contributed by atoms with van der Waals surface area (Å²) in [7, 11) is -3.04. The van der Waals surface area contributed by atoms with Gasteiger partial charge in [-0.2, -0.15) is 5.10 Å². The Kier molecular flexibility index (Phi) is 5.47. The van der Waals surface area contributed by atoms with Crippen LogP contribution in [0.25, 0.3) is 0 Å². The number of rotatable bonds is 5. The van der Waals surface area contributed by atoms with Crippen LogP contribution in [0.15, 0.2) is 0 Å². The maximum absolute atomic E-state index is 12.6. The van der Waals surface area contributed by atoms with Gasteiger partial charge in [-0.25, -0.2) is 8.42 Å². The van der Waals surface area contributed by atoms with E-state index in [0.717, 1.165) is 12.8 Å². The van der Waals surface area contributed by atoms with Crippen molar-refractivity contribution >= 4 is 21.5 Å². The summed E-state index contributed by atoms with van der Waals surface area (Å²) in [6.45, 7) is 6.21. The fourth-order valence-electron chi connectivity index (χ4n) is 3.44. The van der Waals surface area contributed by atoms with E-state index in [-0.39, 0.29) is 29.9 Å². The second-order valence-corrected chi connectivity index (χ2v) is 8.88. The quantitative estimate of drug-likeness (QED) is 0.735. The molecule has 2 heterocycles. The molecule has 1 aliphatic rings. The topological polar surface area (TPSA) is 89.3 Å². The molecule has 0 aromatic carbocycles. The Morgan fingerprint density at radius 1 is 1.29 bits per heavy atom. The molecular weight excluding hydrogens is 330 g/mol. The molecule has 1 saturated heterocycles. The molecule has 7 nitrogen and oxygen atoms in total. The van der Waals surface area contributed by atoms with Crippen molar-refractivity contribution in [2.24, 2.45) is 5.92 Å². The Morgan fingerprint density at radius 2 is 1.96 bits per heavy atom. The van der Waals surface area contributed by atoms with E-state index >= 15 is 0 Å². The molecule has 1 aromatic rings. The molecule has 0 N–H and O–H groups in total. The lowest BCUT2D eigenvalue weighted by Crippen LogP contribution is -2.43. The van der Waals surface area contributed by atoms with Gasteiger partial charge in [0, 0.05) is 25.0 Å². The lowest BCUT2D eigenvalue weighted by Gasteiger charge is -2.32. The first-order chi connectivity index (χ1) is 11.1. The number of carbonyl (C=O) groups excluding carboxylic acids is 2. The van der Waals surface area contributed by atoms with E-state index in [0.29, 0.717) is 30.0 Å². The van der Waals surface area contributed by atoms with Gasteiger partial charge in [0.1, 0.15) is 16.4 Å². The summed E-state index contributed by atoms with van der Waals surface area (Å²) in [6, 6.07) is 0. The Hall–Kier alpha value is -1.70. The molecule has 1 fully saturated rings. The highest BCUT2D eigenvalue weighted by Crippen LogP contribution is 2.19. The Labute approximate surface area is 142 Å². The number of piperidine rings is 1. The molecule has 0 saturated carbocycles. The van der Waals surface area contributed by atoms with Crippen molar-refractivity contribution in [3.05, 3.63) is 17.0 Å². The van der Waals surface area contributed by atoms with Crippen LogP contribution in [0.5, 0.6) is 0 Å². The molecule has 8 heteroatoms. The molecular formula is C16H25N3O4S. The number of carbonyl (C=O) groups is 2. The monoisotopic (exact) mass is 355 g/mol. The number of amides is 1. The summed E-state index contributed by atoms with van der Waals surface area (Å²) >= 11 is 0. The zero-order valence-electron chi connectivity index (χ0n) is 14.7. The van der Waals surface area contributed by atoms with Gasteiger partial charge in [0.05, 0.1) is 17.0 Å². The van der Waals surface area contributed by atoms with Crippen LogP contribution in [-0.4, -0.2) is 59.9 Å². The fraction of sp³-hybridized carbons (Fsp3) is 0.688. The highest BCUT2D eigenvalue weighted by molar-refractivity contribution is 7.90. The van der Waals surface area contributed by atoms with Gasteiger partial charge in [-0.1, -0.05) is 0 Å². The Balaban J connectivity index is 2.07. The minimum atomic E-state index is -3.04. The predicted molar refractivity (Wildman–Crippen MR) is 90.7 cm³/mol. The highest BCUT2D eigenvalue weighted by Gasteiger charge is 2.27. The van der Waals surface area contributed by atoms with Gasteiger partial charge in [-0.15, -0.1) is 0 Å². The number of aromatic nitrogens is 2. The first-order valence-corrected chi connectivity index (χ1v) is 10.1. The van der Waals surface area contributed by atoms with Crippen molar-refractivity contribution in [2.45, 2.75) is 40.2 Å². The largest absolute Gasteiger partial charge is 0.341 e. The van der Waals surface area contributed by atoms with Crippen LogP contribution in [0.3, 0.4) is 0 Å². The lowest BCUT2D eigenvalue weighted by molar-refractivity contribution is -0.133. The molecule has 0 radical (unpaired) electrons. The summed E-state index contributed by atoms with van der Waals surface area (Å²) in [4.78, 5) is 25.9. The van der Waals surface area contributed by atoms with Crippen LogP contribution in [-0.2, 0) is 21.2 Å². The standard InChI is InChI=1S/C16H25N3O4S/c1-11-16(13(3)20)12(2)19(17-11)9-15(21)18-7-5-6-14(8-18)10-24(4,22)23/h14H,5-10H2,1-4H3. The minimum absolute atomic E-state index is 0.00839. The van der Waals surface area contributed by atoms with Gasteiger partial charge in [0.15, 0.2) is 5.78 Å². The summed E-state index contributed by atoms with van der Waals surface area (Å²) in [6.07, 6.45) is 2.86. The maximum atomic E-state index is 12.6. The van der Waals surface area contributed by atoms with Crippen LogP contribution in [0.1, 0.15) is 41.5 Å². The lowest BCUT2D eigenvalue weighted by atomic mass is 10.00. The molecule has 134 valence electrons. The van der Waals surface area contributed by atoms with Gasteiger partial charge in [0.2, 0.25) is 5.91 Å². The molecule has 1 atom stereocenters. The summed E-state index contributed by atoms with van der Waals surface area (Å²) < 4.78 is 24.5. The van der Waals surface area contributed by atoms with Crippen molar-refractivity contribution < 1.29 is 18.0 Å². The van der Waals surface area contributed by atoms with E-state index in [1.807, 2.05) is 0 Å². The van der Waals surface area contributed by atoms with E-state index in [9.17, 15) is 18.0 Å². The molecule has 24 heavy (non-hydrogen) atoms. The van der Waals surface area contributed by atoms with E-state index in [1.165, 1.54) is 13.2 Å². The van der Waals surface area contributed by atoms with Gasteiger partial charge < -0.3 is 4.90 Å². The second-order valence-electron chi connectivity index (χ2n) is 6.70. The molecule has 0 bridgehead atoms. The van der Waals surface area contributed by atoms with Crippen molar-refractivity contribution in [2.75, 3.05) is 25.1 Å². The van der Waals surface area contributed by atoms with Gasteiger partial charge in [-0.3, -0.25) is 14.3 Å². The van der Waals surface area contributed by atoms with E-state index in [2.05, 4.69) is 5.10 Å². The second kappa shape index (κ2) is 7.04. The van der Waals surface area contributed by atoms with Crippen LogP contribution in [0.4, 0.5) is 0 Å². The third-order valence-electron chi connectivity index (χ3n) is 4.43. The zero-order valence-corrected chi connectivity index (χ0v) is 15.5. The number of likely N-dealkylation sites (tertiary alicyclic amines) is 1. The number of ketones is 1. The summed E-state index contributed by atoms with van der Waals surface area (Å²) in [5.74, 6) is -0.0414. The normalized spacial score (nSPS) is 18.7. The van der Waals surface area contributed by atoms with Crippen molar-refractivity contribution in [3.8, 4) is 0 Å². The van der Waals surface area contributed by atoms with Gasteiger partial charge >= 0.3 is 0 Å². The number of Topliss-reactive ketones (excluding diaryl/α,β-unsaturated/α-hetero) is 1. The molecule has 1 aliphatic heterocycles. The SMILES string of the molecule is CC(=O)c1c(C)nn(CC(=O)N2CCCC(CS(C)(=O)=O)C2)c1C. The third-order valence-corrected chi connectivity index (χ3v) is 5.51. The molecule has 1 aromatic heterocycles. The number of aryl methyl sites for hydroxylation is 1. The average molecular weight is 355 g/mol. The van der Waals surface area contributed by atoms with Crippen LogP contribution < -0.4 is 0 Å².